The summed E-state index contributed by atoms with van der Waals surface area (Å²) >= 11 is -0.351. The van der Waals surface area contributed by atoms with Gasteiger partial charge in [-0.1, -0.05) is 0 Å². The number of rotatable bonds is 4. The number of hydrogen-bond donors (Lipinski definition) is 0. The molecule has 0 saturated heterocycles. The first-order chi connectivity index (χ1) is 12.1. The van der Waals surface area contributed by atoms with E-state index in [0.717, 1.165) is 24.3 Å². The fourth-order valence-corrected chi connectivity index (χ4v) is 3.54. The van der Waals surface area contributed by atoms with Crippen LogP contribution in [0.3, 0.4) is 0 Å². The van der Waals surface area contributed by atoms with Crippen LogP contribution in [0.25, 0.3) is 11.0 Å². The molecule has 0 atom stereocenters. The van der Waals surface area contributed by atoms with Gasteiger partial charge in [-0.2, -0.15) is 21.6 Å². The quantitative estimate of drug-likeness (QED) is 0.370. The summed E-state index contributed by atoms with van der Waals surface area (Å²) in [6.07, 6.45) is 0. The molecular formula is C16H9F3O5S2. The maximum atomic E-state index is 12.3. The van der Waals surface area contributed by atoms with E-state index in [-0.39, 0.29) is 32.9 Å². The van der Waals surface area contributed by atoms with Crippen LogP contribution in [0, 0.1) is 0 Å². The van der Waals surface area contributed by atoms with Crippen molar-refractivity contribution in [3.63, 3.8) is 0 Å². The molecule has 136 valence electrons. The smallest absolute Gasteiger partial charge is 0.423 e. The maximum absolute atomic E-state index is 12.3. The minimum Gasteiger partial charge on any atom is -0.423 e. The van der Waals surface area contributed by atoms with Crippen LogP contribution in [0.1, 0.15) is 0 Å². The lowest BCUT2D eigenvalue weighted by molar-refractivity contribution is -0.0328. The Morgan fingerprint density at radius 3 is 2.27 bits per heavy atom. The van der Waals surface area contributed by atoms with Gasteiger partial charge in [0.05, 0.1) is 0 Å². The summed E-state index contributed by atoms with van der Waals surface area (Å²) < 4.78 is 71.3. The summed E-state index contributed by atoms with van der Waals surface area (Å²) in [4.78, 5) is 10.8. The van der Waals surface area contributed by atoms with E-state index >= 15 is 0 Å². The predicted molar refractivity (Wildman–Crippen MR) is 88.7 cm³/mol. The molecule has 0 spiro atoms. The number of benzene rings is 2. The molecule has 3 aromatic rings. The van der Waals surface area contributed by atoms with Gasteiger partial charge in [0.1, 0.15) is 16.2 Å². The number of fused-ring (bicyclic) bond motifs is 1. The van der Waals surface area contributed by atoms with Crippen molar-refractivity contribution in [1.82, 2.24) is 0 Å². The number of hydrogen-bond acceptors (Lipinski definition) is 6. The van der Waals surface area contributed by atoms with Crippen LogP contribution < -0.4 is 9.81 Å². The molecule has 3 rings (SSSR count). The molecule has 5 nitrogen and oxygen atoms in total. The van der Waals surface area contributed by atoms with E-state index in [1.807, 2.05) is 0 Å². The first-order valence-electron chi connectivity index (χ1n) is 6.97. The van der Waals surface area contributed by atoms with Gasteiger partial charge >= 0.3 is 21.3 Å². The topological polar surface area (TPSA) is 73.6 Å². The minimum atomic E-state index is -4.47. The van der Waals surface area contributed by atoms with Gasteiger partial charge in [-0.15, -0.1) is 0 Å². The predicted octanol–water partition coefficient (Wildman–Crippen LogP) is 4.17. The van der Waals surface area contributed by atoms with Crippen LogP contribution >= 0.6 is 11.8 Å². The van der Waals surface area contributed by atoms with Gasteiger partial charge in [0.2, 0.25) is 0 Å². The summed E-state index contributed by atoms with van der Waals surface area (Å²) in [6, 6.07) is 11.0. The molecule has 2 aromatic carbocycles. The molecule has 1 aromatic heterocycles. The number of halogens is 3. The second-order valence-electron chi connectivity index (χ2n) is 5.01. The Labute approximate surface area is 149 Å². The summed E-state index contributed by atoms with van der Waals surface area (Å²) in [5.41, 5.74) is -4.93. The molecule has 10 heteroatoms. The molecule has 0 amide bonds. The Hall–Kier alpha value is -2.46. The third-order valence-electron chi connectivity index (χ3n) is 3.15. The standard InChI is InChI=1S/C16H9F3O5S2/c17-16(18,19)25-12-4-6-13(7-5-12)26(21,22)24-11-3-1-10-2-8-15(20)23-14(10)9-11/h1-9H. The normalized spacial score (nSPS) is 12.3. The molecule has 0 saturated carbocycles. The Morgan fingerprint density at radius 1 is 0.962 bits per heavy atom. The van der Waals surface area contributed by atoms with Gasteiger partial charge in [-0.25, -0.2) is 4.79 Å². The van der Waals surface area contributed by atoms with Crippen LogP contribution in [-0.2, 0) is 10.1 Å². The van der Waals surface area contributed by atoms with E-state index in [0.29, 0.717) is 5.39 Å². The van der Waals surface area contributed by atoms with E-state index < -0.39 is 21.3 Å². The van der Waals surface area contributed by atoms with Crippen molar-refractivity contribution < 1.29 is 30.2 Å². The summed E-state index contributed by atoms with van der Waals surface area (Å²) in [7, 11) is -4.26. The lowest BCUT2D eigenvalue weighted by Gasteiger charge is -2.09. The second kappa shape index (κ2) is 6.69. The lowest BCUT2D eigenvalue weighted by Crippen LogP contribution is -2.09. The number of thioether (sulfide) groups is 1. The number of alkyl halides is 3. The third-order valence-corrected chi connectivity index (χ3v) is 5.15. The van der Waals surface area contributed by atoms with Crippen LogP contribution in [0.4, 0.5) is 13.2 Å². The average Bonchev–Trinajstić information content (AvgIpc) is 2.53. The Kier molecular flexibility index (Phi) is 4.72. The zero-order chi connectivity index (χ0) is 18.9. The van der Waals surface area contributed by atoms with Gasteiger partial charge in [0, 0.05) is 22.4 Å². The van der Waals surface area contributed by atoms with E-state index in [1.165, 1.54) is 30.3 Å². The third kappa shape index (κ3) is 4.38. The van der Waals surface area contributed by atoms with Crippen molar-refractivity contribution in [2.75, 3.05) is 0 Å². The van der Waals surface area contributed by atoms with Crippen LogP contribution in [-0.4, -0.2) is 13.9 Å². The Morgan fingerprint density at radius 2 is 1.62 bits per heavy atom. The van der Waals surface area contributed by atoms with Gasteiger partial charge in [-0.3, -0.25) is 0 Å². The summed E-state index contributed by atoms with van der Waals surface area (Å²) in [5.74, 6) is -0.0967. The van der Waals surface area contributed by atoms with Gasteiger partial charge in [0.25, 0.3) is 0 Å². The summed E-state index contributed by atoms with van der Waals surface area (Å²) in [6.45, 7) is 0. The first kappa shape index (κ1) is 18.3. The molecule has 0 aliphatic rings. The van der Waals surface area contributed by atoms with Crippen molar-refractivity contribution in [2.45, 2.75) is 15.3 Å². The molecule has 0 aliphatic carbocycles. The highest BCUT2D eigenvalue weighted by atomic mass is 32.2. The molecule has 0 fully saturated rings. The molecule has 26 heavy (non-hydrogen) atoms. The molecule has 0 aliphatic heterocycles. The van der Waals surface area contributed by atoms with Crippen molar-refractivity contribution in [3.05, 3.63) is 65.0 Å². The molecule has 1 heterocycles. The molecule has 0 N–H and O–H groups in total. The largest absolute Gasteiger partial charge is 0.446 e. The zero-order valence-corrected chi connectivity index (χ0v) is 14.3. The van der Waals surface area contributed by atoms with Crippen LogP contribution in [0.15, 0.2) is 73.6 Å². The van der Waals surface area contributed by atoms with Gasteiger partial charge < -0.3 is 8.60 Å². The Balaban J connectivity index is 1.85. The molecule has 0 unspecified atom stereocenters. The van der Waals surface area contributed by atoms with Gasteiger partial charge in [-0.05, 0) is 54.2 Å². The molecular weight excluding hydrogens is 393 g/mol. The molecule has 0 bridgehead atoms. The van der Waals surface area contributed by atoms with Gasteiger partial charge in [0.15, 0.2) is 0 Å². The van der Waals surface area contributed by atoms with Crippen molar-refractivity contribution in [3.8, 4) is 5.75 Å². The monoisotopic (exact) mass is 402 g/mol. The van der Waals surface area contributed by atoms with E-state index in [9.17, 15) is 26.4 Å². The second-order valence-corrected chi connectivity index (χ2v) is 7.70. The summed E-state index contributed by atoms with van der Waals surface area (Å²) in [5, 5.41) is 0.572. The molecule has 0 radical (unpaired) electrons. The Bertz CT molecular complexity index is 1100. The fourth-order valence-electron chi connectivity index (χ4n) is 2.08. The average molecular weight is 402 g/mol. The zero-order valence-electron chi connectivity index (χ0n) is 12.7. The van der Waals surface area contributed by atoms with Crippen molar-refractivity contribution >= 4 is 32.8 Å². The van der Waals surface area contributed by atoms with Crippen LogP contribution in [0.5, 0.6) is 5.75 Å². The maximum Gasteiger partial charge on any atom is 0.446 e. The van der Waals surface area contributed by atoms with E-state index in [2.05, 4.69) is 0 Å². The highest BCUT2D eigenvalue weighted by Gasteiger charge is 2.29. The van der Waals surface area contributed by atoms with E-state index in [4.69, 9.17) is 8.60 Å². The van der Waals surface area contributed by atoms with Crippen molar-refractivity contribution in [1.29, 1.82) is 0 Å². The highest BCUT2D eigenvalue weighted by molar-refractivity contribution is 8.00. The fraction of sp³-hybridized carbons (Fsp3) is 0.0625. The minimum absolute atomic E-state index is 0.0967. The van der Waals surface area contributed by atoms with Crippen molar-refractivity contribution in [2.24, 2.45) is 0 Å². The van der Waals surface area contributed by atoms with Crippen LogP contribution in [0.2, 0.25) is 0 Å². The highest BCUT2D eigenvalue weighted by Crippen LogP contribution is 2.37. The van der Waals surface area contributed by atoms with E-state index in [1.54, 1.807) is 0 Å². The SMILES string of the molecule is O=c1ccc2ccc(OS(=O)(=O)c3ccc(SC(F)(F)F)cc3)cc2o1. The first-order valence-corrected chi connectivity index (χ1v) is 9.19. The lowest BCUT2D eigenvalue weighted by atomic mass is 10.2.